The molecule has 2 N–H and O–H groups in total. The van der Waals surface area contributed by atoms with Gasteiger partial charge in [0.15, 0.2) is 0 Å². The van der Waals surface area contributed by atoms with Crippen molar-refractivity contribution in [2.45, 2.75) is 20.3 Å². The predicted octanol–water partition coefficient (Wildman–Crippen LogP) is 2.57. The van der Waals surface area contributed by atoms with Crippen LogP contribution < -0.4 is 9.62 Å². The quantitative estimate of drug-likeness (QED) is 0.824. The van der Waals surface area contributed by atoms with Crippen molar-refractivity contribution in [1.82, 2.24) is 9.71 Å². The van der Waals surface area contributed by atoms with Gasteiger partial charge < -0.3 is 9.88 Å². The van der Waals surface area contributed by atoms with Gasteiger partial charge in [-0.1, -0.05) is 19.1 Å². The van der Waals surface area contributed by atoms with E-state index in [0.717, 1.165) is 17.9 Å². The van der Waals surface area contributed by atoms with Crippen LogP contribution in [0.4, 0.5) is 11.5 Å². The van der Waals surface area contributed by atoms with Gasteiger partial charge in [0.05, 0.1) is 6.26 Å². The van der Waals surface area contributed by atoms with Gasteiger partial charge in [-0.25, -0.2) is 13.1 Å². The molecule has 0 aliphatic rings. The minimum absolute atomic E-state index is 0.354. The highest BCUT2D eigenvalue weighted by Gasteiger charge is 2.13. The van der Waals surface area contributed by atoms with E-state index in [1.54, 1.807) is 0 Å². The highest BCUT2D eigenvalue weighted by Crippen LogP contribution is 2.27. The summed E-state index contributed by atoms with van der Waals surface area (Å²) in [5.41, 5.74) is 3.55. The third-order valence-corrected chi connectivity index (χ3v) is 4.26. The molecule has 2 rings (SSSR count). The van der Waals surface area contributed by atoms with Crippen LogP contribution in [0.3, 0.4) is 0 Å². The Morgan fingerprint density at radius 3 is 2.59 bits per heavy atom. The molecule has 0 aliphatic carbocycles. The van der Waals surface area contributed by atoms with Crippen LogP contribution >= 0.6 is 0 Å². The molecule has 0 bridgehead atoms. The molecule has 0 unspecified atom stereocenters. The van der Waals surface area contributed by atoms with Gasteiger partial charge in [0.2, 0.25) is 10.0 Å². The number of aromatic nitrogens is 1. The number of anilines is 2. The summed E-state index contributed by atoms with van der Waals surface area (Å²) in [7, 11) is -3.18. The molecular weight excluding hydrogens is 298 g/mol. The smallest absolute Gasteiger partial charge is 0.208 e. The Balaban J connectivity index is 2.25. The summed E-state index contributed by atoms with van der Waals surface area (Å²) < 4.78 is 25.0. The number of hydrogen-bond acceptors (Lipinski definition) is 3. The normalized spacial score (nSPS) is 11.6. The fourth-order valence-corrected chi connectivity index (χ4v) is 2.90. The highest BCUT2D eigenvalue weighted by atomic mass is 32.2. The van der Waals surface area contributed by atoms with Gasteiger partial charge in [-0.15, -0.1) is 0 Å². The van der Waals surface area contributed by atoms with Crippen molar-refractivity contribution in [2.24, 2.45) is 0 Å². The van der Waals surface area contributed by atoms with Crippen molar-refractivity contribution in [2.75, 3.05) is 24.2 Å². The van der Waals surface area contributed by atoms with Crippen LogP contribution in [0.1, 0.15) is 18.1 Å². The van der Waals surface area contributed by atoms with E-state index >= 15 is 0 Å². The summed E-state index contributed by atoms with van der Waals surface area (Å²) in [5.74, 6) is 0.947. The number of H-pyrrole nitrogens is 1. The number of rotatable bonds is 7. The van der Waals surface area contributed by atoms with Gasteiger partial charge in [-0.05, 0) is 42.7 Å². The lowest BCUT2D eigenvalue weighted by Gasteiger charge is -2.25. The number of aryl methyl sites for hydroxylation is 2. The molecule has 22 heavy (non-hydrogen) atoms. The lowest BCUT2D eigenvalue weighted by molar-refractivity contribution is 0.588. The molecule has 5 nitrogen and oxygen atoms in total. The Labute approximate surface area is 132 Å². The number of benzene rings is 1. The highest BCUT2D eigenvalue weighted by molar-refractivity contribution is 7.88. The van der Waals surface area contributed by atoms with Crippen molar-refractivity contribution in [3.8, 4) is 0 Å². The first kappa shape index (κ1) is 16.6. The Hall–Kier alpha value is -1.79. The summed E-state index contributed by atoms with van der Waals surface area (Å²) in [6, 6.07) is 10.3. The lowest BCUT2D eigenvalue weighted by Crippen LogP contribution is -2.32. The minimum atomic E-state index is -3.18. The molecule has 0 fully saturated rings. The fraction of sp³-hybridized carbons (Fsp3) is 0.375. The molecule has 1 heterocycles. The fourth-order valence-electron chi connectivity index (χ4n) is 2.44. The average Bonchev–Trinajstić information content (AvgIpc) is 2.97. The number of sulfonamides is 1. The van der Waals surface area contributed by atoms with Crippen molar-refractivity contribution in [3.05, 3.63) is 47.7 Å². The first-order valence-electron chi connectivity index (χ1n) is 7.36. The van der Waals surface area contributed by atoms with Gasteiger partial charge in [-0.3, -0.25) is 0 Å². The Morgan fingerprint density at radius 2 is 2.05 bits per heavy atom. The van der Waals surface area contributed by atoms with Crippen LogP contribution in [0.15, 0.2) is 36.5 Å². The van der Waals surface area contributed by atoms with E-state index in [4.69, 9.17) is 0 Å². The molecule has 0 aliphatic heterocycles. The molecule has 0 radical (unpaired) electrons. The van der Waals surface area contributed by atoms with Crippen LogP contribution in [-0.2, 0) is 16.4 Å². The molecule has 0 spiro atoms. The first-order chi connectivity index (χ1) is 10.4. The second kappa shape index (κ2) is 6.98. The van der Waals surface area contributed by atoms with Gasteiger partial charge in [-0.2, -0.15) is 0 Å². The molecule has 1 aromatic carbocycles. The molecule has 0 amide bonds. The van der Waals surface area contributed by atoms with Gasteiger partial charge in [0.1, 0.15) is 5.82 Å². The molecular formula is C16H23N3O2S. The van der Waals surface area contributed by atoms with E-state index in [9.17, 15) is 8.42 Å². The number of hydrogen-bond donors (Lipinski definition) is 2. The standard InChI is InChI=1S/C16H23N3O2S/c1-4-14-7-8-15(13(2)12-14)19(16-6-5-9-17-16)11-10-18-22(3,20)21/h5-9,12,17-18H,4,10-11H2,1-3H3. The summed E-state index contributed by atoms with van der Waals surface area (Å²) in [6.07, 6.45) is 4.04. The van der Waals surface area contributed by atoms with Crippen molar-refractivity contribution in [3.63, 3.8) is 0 Å². The Morgan fingerprint density at radius 1 is 1.27 bits per heavy atom. The summed E-state index contributed by atoms with van der Waals surface area (Å²) in [6.45, 7) is 5.12. The number of nitrogens with zero attached hydrogens (tertiary/aromatic N) is 1. The molecule has 0 saturated carbocycles. The largest absolute Gasteiger partial charge is 0.348 e. The number of aromatic amines is 1. The van der Waals surface area contributed by atoms with Crippen LogP contribution in [-0.4, -0.2) is 32.7 Å². The van der Waals surface area contributed by atoms with Crippen molar-refractivity contribution < 1.29 is 8.42 Å². The van der Waals surface area contributed by atoms with Crippen LogP contribution in [0.25, 0.3) is 0 Å². The second-order valence-corrected chi connectivity index (χ2v) is 7.18. The first-order valence-corrected chi connectivity index (χ1v) is 9.25. The summed E-state index contributed by atoms with van der Waals surface area (Å²) in [4.78, 5) is 5.28. The van der Waals surface area contributed by atoms with Crippen LogP contribution in [0, 0.1) is 6.92 Å². The molecule has 2 aromatic rings. The van der Waals surface area contributed by atoms with Crippen molar-refractivity contribution in [1.29, 1.82) is 0 Å². The third kappa shape index (κ3) is 4.35. The number of nitrogens with one attached hydrogen (secondary N) is 2. The summed E-state index contributed by atoms with van der Waals surface area (Å²) in [5, 5.41) is 0. The Kier molecular flexibility index (Phi) is 5.26. The average molecular weight is 321 g/mol. The third-order valence-electron chi connectivity index (χ3n) is 3.53. The summed E-state index contributed by atoms with van der Waals surface area (Å²) >= 11 is 0. The molecule has 6 heteroatoms. The minimum Gasteiger partial charge on any atom is -0.348 e. The monoisotopic (exact) mass is 321 g/mol. The van der Waals surface area contributed by atoms with E-state index in [1.165, 1.54) is 17.4 Å². The molecule has 0 atom stereocenters. The predicted molar refractivity (Wildman–Crippen MR) is 91.2 cm³/mol. The molecule has 0 saturated heterocycles. The SMILES string of the molecule is CCc1ccc(N(CCNS(C)(=O)=O)c2ccc[nH]2)c(C)c1. The van der Waals surface area contributed by atoms with Gasteiger partial charge in [0, 0.05) is 25.0 Å². The zero-order valence-electron chi connectivity index (χ0n) is 13.3. The molecule has 1 aromatic heterocycles. The van der Waals surface area contributed by atoms with Gasteiger partial charge >= 0.3 is 0 Å². The zero-order chi connectivity index (χ0) is 16.2. The topological polar surface area (TPSA) is 65.2 Å². The maximum Gasteiger partial charge on any atom is 0.208 e. The Bertz CT molecular complexity index is 709. The van der Waals surface area contributed by atoms with E-state index in [1.807, 2.05) is 18.3 Å². The van der Waals surface area contributed by atoms with Gasteiger partial charge in [0.25, 0.3) is 0 Å². The zero-order valence-corrected chi connectivity index (χ0v) is 14.1. The lowest BCUT2D eigenvalue weighted by atomic mass is 10.1. The van der Waals surface area contributed by atoms with E-state index in [-0.39, 0.29) is 0 Å². The van der Waals surface area contributed by atoms with E-state index < -0.39 is 10.0 Å². The van der Waals surface area contributed by atoms with E-state index in [2.05, 4.69) is 46.7 Å². The molecule has 120 valence electrons. The maximum absolute atomic E-state index is 11.2. The van der Waals surface area contributed by atoms with Crippen molar-refractivity contribution >= 4 is 21.5 Å². The second-order valence-electron chi connectivity index (χ2n) is 5.35. The van der Waals surface area contributed by atoms with Crippen LogP contribution in [0.2, 0.25) is 0 Å². The maximum atomic E-state index is 11.2. The van der Waals surface area contributed by atoms with E-state index in [0.29, 0.717) is 13.1 Å². The van der Waals surface area contributed by atoms with Crippen LogP contribution in [0.5, 0.6) is 0 Å².